The third-order valence-electron chi connectivity index (χ3n) is 3.85. The van der Waals surface area contributed by atoms with E-state index >= 15 is 0 Å². The summed E-state index contributed by atoms with van der Waals surface area (Å²) in [6.45, 7) is 4.47. The number of carbonyl (C=O) groups is 1. The van der Waals surface area contributed by atoms with Gasteiger partial charge in [0.25, 0.3) is 0 Å². The number of halogens is 2. The molecule has 0 amide bonds. The summed E-state index contributed by atoms with van der Waals surface area (Å²) in [5, 5.41) is 6.47. The molecule has 0 bridgehead atoms. The third kappa shape index (κ3) is 9.04. The summed E-state index contributed by atoms with van der Waals surface area (Å²) < 4.78 is 18.3. The molecule has 142 valence electrons. The lowest BCUT2D eigenvalue weighted by molar-refractivity contribution is -0.140. The third-order valence-corrected chi connectivity index (χ3v) is 3.85. The van der Waals surface area contributed by atoms with E-state index in [0.29, 0.717) is 17.9 Å². The summed E-state index contributed by atoms with van der Waals surface area (Å²) in [5.74, 6) is 0.311. The van der Waals surface area contributed by atoms with E-state index in [9.17, 15) is 9.18 Å². The Bertz CT molecular complexity index is 567. The Morgan fingerprint density at radius 2 is 2.04 bits per heavy atom. The van der Waals surface area contributed by atoms with Crippen molar-refractivity contribution < 1.29 is 13.9 Å². The molecular formula is C18H29FIN3O2. The van der Waals surface area contributed by atoms with Crippen LogP contribution in [-0.4, -0.2) is 32.6 Å². The molecule has 25 heavy (non-hydrogen) atoms. The molecule has 0 fully saturated rings. The number of nitrogens with zero attached hydrogens (tertiary/aromatic N) is 1. The summed E-state index contributed by atoms with van der Waals surface area (Å²) >= 11 is 0. The minimum absolute atomic E-state index is 0. The molecule has 5 nitrogen and oxygen atoms in total. The zero-order chi connectivity index (χ0) is 17.9. The number of hydrogen-bond acceptors (Lipinski definition) is 3. The van der Waals surface area contributed by atoms with Gasteiger partial charge in [-0.3, -0.25) is 9.79 Å². The molecule has 1 aromatic carbocycles. The van der Waals surface area contributed by atoms with Gasteiger partial charge in [-0.15, -0.1) is 24.0 Å². The van der Waals surface area contributed by atoms with Crippen LogP contribution < -0.4 is 10.6 Å². The Balaban J connectivity index is 0.00000576. The number of benzene rings is 1. The SMILES string of the molecule is CN=C(NCCCCCC(=O)OC)NC(C)c1ccc(C)c(F)c1.I. The minimum atomic E-state index is -0.199. The number of aryl methyl sites for hydroxylation is 1. The maximum Gasteiger partial charge on any atom is 0.305 e. The highest BCUT2D eigenvalue weighted by Gasteiger charge is 2.09. The van der Waals surface area contributed by atoms with E-state index < -0.39 is 0 Å². The second-order valence-electron chi connectivity index (χ2n) is 5.76. The van der Waals surface area contributed by atoms with Gasteiger partial charge in [0.1, 0.15) is 5.82 Å². The molecule has 1 rings (SSSR count). The number of hydrogen-bond donors (Lipinski definition) is 2. The number of esters is 1. The molecule has 0 radical (unpaired) electrons. The monoisotopic (exact) mass is 465 g/mol. The molecule has 0 spiro atoms. The quantitative estimate of drug-likeness (QED) is 0.202. The molecular weight excluding hydrogens is 436 g/mol. The first-order chi connectivity index (χ1) is 11.5. The van der Waals surface area contributed by atoms with Gasteiger partial charge in [0, 0.05) is 20.0 Å². The maximum atomic E-state index is 13.7. The van der Waals surface area contributed by atoms with Crippen LogP contribution in [-0.2, 0) is 9.53 Å². The Morgan fingerprint density at radius 1 is 1.32 bits per heavy atom. The number of rotatable bonds is 8. The zero-order valence-corrected chi connectivity index (χ0v) is 17.7. The fourth-order valence-electron chi connectivity index (χ4n) is 2.24. The molecule has 0 aliphatic carbocycles. The summed E-state index contributed by atoms with van der Waals surface area (Å²) in [6, 6.07) is 5.19. The van der Waals surface area contributed by atoms with Crippen LogP contribution in [0.4, 0.5) is 4.39 Å². The predicted molar refractivity (Wildman–Crippen MR) is 110 cm³/mol. The van der Waals surface area contributed by atoms with Crippen molar-refractivity contribution in [2.75, 3.05) is 20.7 Å². The van der Waals surface area contributed by atoms with Crippen molar-refractivity contribution in [1.82, 2.24) is 10.6 Å². The number of carbonyl (C=O) groups excluding carboxylic acids is 1. The van der Waals surface area contributed by atoms with Gasteiger partial charge in [0.15, 0.2) is 5.96 Å². The van der Waals surface area contributed by atoms with E-state index in [2.05, 4.69) is 20.4 Å². The highest BCUT2D eigenvalue weighted by atomic mass is 127. The predicted octanol–water partition coefficient (Wildman–Crippen LogP) is 3.71. The van der Waals surface area contributed by atoms with E-state index in [1.165, 1.54) is 7.11 Å². The normalized spacial score (nSPS) is 12.1. The Hall–Kier alpha value is -1.38. The van der Waals surface area contributed by atoms with E-state index in [4.69, 9.17) is 0 Å². The van der Waals surface area contributed by atoms with Crippen molar-refractivity contribution in [2.24, 2.45) is 4.99 Å². The molecule has 0 saturated carbocycles. The molecule has 2 N–H and O–H groups in total. The van der Waals surface area contributed by atoms with Gasteiger partial charge in [0.2, 0.25) is 0 Å². The number of aliphatic imine (C=N–C) groups is 1. The standard InChI is InChI=1S/C18H28FN3O2.HI/c1-13-9-10-15(12-16(13)19)14(2)22-18(20-3)21-11-7-5-6-8-17(23)24-4;/h9-10,12,14H,5-8,11H2,1-4H3,(H2,20,21,22);1H. The Kier molecular flexibility index (Phi) is 12.2. The zero-order valence-electron chi connectivity index (χ0n) is 15.4. The van der Waals surface area contributed by atoms with E-state index in [1.807, 2.05) is 13.0 Å². The Morgan fingerprint density at radius 3 is 2.64 bits per heavy atom. The molecule has 0 aliphatic rings. The molecule has 1 aromatic rings. The average Bonchev–Trinajstić information content (AvgIpc) is 2.58. The first-order valence-electron chi connectivity index (χ1n) is 8.28. The number of nitrogens with one attached hydrogen (secondary N) is 2. The van der Waals surface area contributed by atoms with Gasteiger partial charge >= 0.3 is 5.97 Å². The van der Waals surface area contributed by atoms with Gasteiger partial charge in [-0.2, -0.15) is 0 Å². The first-order valence-corrected chi connectivity index (χ1v) is 8.28. The molecule has 1 unspecified atom stereocenters. The van der Waals surface area contributed by atoms with Gasteiger partial charge in [0.05, 0.1) is 13.2 Å². The highest BCUT2D eigenvalue weighted by Crippen LogP contribution is 2.16. The van der Waals surface area contributed by atoms with Crippen LogP contribution in [0.2, 0.25) is 0 Å². The lowest BCUT2D eigenvalue weighted by atomic mass is 10.1. The number of unbranched alkanes of at least 4 members (excludes halogenated alkanes) is 2. The number of guanidine groups is 1. The van der Waals surface area contributed by atoms with Gasteiger partial charge < -0.3 is 15.4 Å². The van der Waals surface area contributed by atoms with Gasteiger partial charge in [-0.1, -0.05) is 18.6 Å². The first kappa shape index (κ1) is 23.6. The molecule has 0 aliphatic heterocycles. The van der Waals surface area contributed by atoms with E-state index in [0.717, 1.165) is 31.4 Å². The number of ether oxygens (including phenoxy) is 1. The van der Waals surface area contributed by atoms with Crippen LogP contribution in [0, 0.1) is 12.7 Å². The smallest absolute Gasteiger partial charge is 0.305 e. The summed E-state index contributed by atoms with van der Waals surface area (Å²) in [7, 11) is 3.11. The minimum Gasteiger partial charge on any atom is -0.469 e. The lowest BCUT2D eigenvalue weighted by Crippen LogP contribution is -2.39. The lowest BCUT2D eigenvalue weighted by Gasteiger charge is -2.18. The van der Waals surface area contributed by atoms with Crippen LogP contribution in [0.1, 0.15) is 49.8 Å². The van der Waals surface area contributed by atoms with Crippen LogP contribution in [0.25, 0.3) is 0 Å². The number of methoxy groups -OCH3 is 1. The van der Waals surface area contributed by atoms with Crippen molar-refractivity contribution in [3.63, 3.8) is 0 Å². The Labute approximate surface area is 166 Å². The van der Waals surface area contributed by atoms with Crippen LogP contribution in [0.15, 0.2) is 23.2 Å². The molecule has 0 aromatic heterocycles. The van der Waals surface area contributed by atoms with E-state index in [-0.39, 0.29) is 41.8 Å². The van der Waals surface area contributed by atoms with Crippen molar-refractivity contribution in [3.05, 3.63) is 35.1 Å². The maximum absolute atomic E-state index is 13.7. The van der Waals surface area contributed by atoms with E-state index in [1.54, 1.807) is 26.1 Å². The fourth-order valence-corrected chi connectivity index (χ4v) is 2.24. The summed E-state index contributed by atoms with van der Waals surface area (Å²) in [5.41, 5.74) is 1.51. The van der Waals surface area contributed by atoms with Crippen LogP contribution >= 0.6 is 24.0 Å². The van der Waals surface area contributed by atoms with Crippen LogP contribution in [0.5, 0.6) is 0 Å². The van der Waals surface area contributed by atoms with Crippen molar-refractivity contribution in [1.29, 1.82) is 0 Å². The van der Waals surface area contributed by atoms with Gasteiger partial charge in [-0.05, 0) is 43.9 Å². The van der Waals surface area contributed by atoms with Crippen molar-refractivity contribution >= 4 is 35.9 Å². The summed E-state index contributed by atoms with van der Waals surface area (Å²) in [4.78, 5) is 15.2. The second-order valence-corrected chi connectivity index (χ2v) is 5.76. The van der Waals surface area contributed by atoms with Crippen LogP contribution in [0.3, 0.4) is 0 Å². The molecule has 0 saturated heterocycles. The topological polar surface area (TPSA) is 62.7 Å². The highest BCUT2D eigenvalue weighted by molar-refractivity contribution is 14.0. The summed E-state index contributed by atoms with van der Waals surface area (Å²) in [6.07, 6.45) is 3.15. The fraction of sp³-hybridized carbons (Fsp3) is 0.556. The molecule has 7 heteroatoms. The van der Waals surface area contributed by atoms with Crippen molar-refractivity contribution in [3.8, 4) is 0 Å². The van der Waals surface area contributed by atoms with Gasteiger partial charge in [-0.25, -0.2) is 4.39 Å². The second kappa shape index (κ2) is 12.9. The molecule has 0 heterocycles. The molecule has 1 atom stereocenters. The van der Waals surface area contributed by atoms with Crippen molar-refractivity contribution in [2.45, 2.75) is 45.6 Å². The largest absolute Gasteiger partial charge is 0.469 e. The average molecular weight is 465 g/mol.